The van der Waals surface area contributed by atoms with Gasteiger partial charge in [-0.1, -0.05) is 0 Å². The number of methoxy groups -OCH3 is 1. The minimum absolute atomic E-state index is 0.213. The van der Waals surface area contributed by atoms with Gasteiger partial charge in [-0.25, -0.2) is 4.79 Å². The van der Waals surface area contributed by atoms with Crippen LogP contribution in [-0.4, -0.2) is 39.0 Å². The quantitative estimate of drug-likeness (QED) is 0.733. The molecule has 120 valence electrons. The van der Waals surface area contributed by atoms with Crippen molar-refractivity contribution in [3.05, 3.63) is 46.5 Å². The molecule has 3 aromatic rings. The number of aromatic amines is 1. The molecule has 23 heavy (non-hydrogen) atoms. The third-order valence-electron chi connectivity index (χ3n) is 3.57. The average molecular weight is 315 g/mol. The number of rotatable bonds is 5. The van der Waals surface area contributed by atoms with Crippen molar-refractivity contribution in [3.63, 3.8) is 0 Å². The number of aromatic nitrogens is 4. The summed E-state index contributed by atoms with van der Waals surface area (Å²) in [6, 6.07) is 6.77. The number of carbonyl (C=O) groups is 1. The van der Waals surface area contributed by atoms with Gasteiger partial charge < -0.3 is 15.0 Å². The van der Waals surface area contributed by atoms with Crippen LogP contribution in [0.15, 0.2) is 35.3 Å². The highest BCUT2D eigenvalue weighted by Crippen LogP contribution is 2.13. The Morgan fingerprint density at radius 2 is 2.22 bits per heavy atom. The molecule has 1 aromatic carbocycles. The van der Waals surface area contributed by atoms with E-state index in [-0.39, 0.29) is 11.6 Å². The summed E-state index contributed by atoms with van der Waals surface area (Å²) in [5.74, 6) is 0.182. The van der Waals surface area contributed by atoms with Crippen molar-refractivity contribution in [2.75, 3.05) is 19.0 Å². The van der Waals surface area contributed by atoms with Crippen LogP contribution in [0.4, 0.5) is 5.82 Å². The monoisotopic (exact) mass is 315 g/mol. The molecule has 2 heterocycles. The largest absolute Gasteiger partial charge is 0.383 e. The van der Waals surface area contributed by atoms with Crippen molar-refractivity contribution in [2.24, 2.45) is 7.05 Å². The first kappa shape index (κ1) is 15.0. The van der Waals surface area contributed by atoms with Crippen molar-refractivity contribution < 1.29 is 9.53 Å². The van der Waals surface area contributed by atoms with E-state index in [4.69, 9.17) is 4.74 Å². The van der Waals surface area contributed by atoms with Gasteiger partial charge in [0.25, 0.3) is 5.91 Å². The van der Waals surface area contributed by atoms with Gasteiger partial charge >= 0.3 is 5.69 Å². The number of benzene rings is 1. The summed E-state index contributed by atoms with van der Waals surface area (Å²) >= 11 is 0. The van der Waals surface area contributed by atoms with Crippen LogP contribution >= 0.6 is 0 Å². The first-order valence-corrected chi connectivity index (χ1v) is 7.11. The van der Waals surface area contributed by atoms with Crippen LogP contribution in [0.3, 0.4) is 0 Å². The molecule has 0 atom stereocenters. The molecule has 0 saturated heterocycles. The standard InChI is InChI=1S/C15H17N5O3/c1-19-12-4-3-10(9-11(12)16-15(19)22)14(21)17-13-5-6-20(18-13)7-8-23-2/h3-6,9H,7-8H2,1-2H3,(H,16,22)(H,17,18,21). The van der Waals surface area contributed by atoms with Crippen molar-refractivity contribution in [3.8, 4) is 0 Å². The number of nitrogens with zero attached hydrogens (tertiary/aromatic N) is 3. The summed E-state index contributed by atoms with van der Waals surface area (Å²) in [5, 5.41) is 6.97. The van der Waals surface area contributed by atoms with E-state index in [2.05, 4.69) is 15.4 Å². The van der Waals surface area contributed by atoms with Crippen LogP contribution in [0.5, 0.6) is 0 Å². The molecule has 0 aliphatic carbocycles. The maximum absolute atomic E-state index is 12.3. The number of nitrogens with one attached hydrogen (secondary N) is 2. The fraction of sp³-hybridized carbons (Fsp3) is 0.267. The molecule has 1 amide bonds. The zero-order chi connectivity index (χ0) is 16.4. The maximum Gasteiger partial charge on any atom is 0.326 e. The van der Waals surface area contributed by atoms with Gasteiger partial charge in [-0.05, 0) is 18.2 Å². The van der Waals surface area contributed by atoms with E-state index in [9.17, 15) is 9.59 Å². The molecule has 0 bridgehead atoms. The number of H-pyrrole nitrogens is 1. The fourth-order valence-corrected chi connectivity index (χ4v) is 2.30. The Balaban J connectivity index is 1.77. The van der Waals surface area contributed by atoms with E-state index in [1.165, 1.54) is 4.57 Å². The molecular formula is C15H17N5O3. The predicted molar refractivity (Wildman–Crippen MR) is 85.6 cm³/mol. The molecule has 0 fully saturated rings. The zero-order valence-corrected chi connectivity index (χ0v) is 12.9. The lowest BCUT2D eigenvalue weighted by Crippen LogP contribution is -2.13. The molecule has 8 heteroatoms. The van der Waals surface area contributed by atoms with E-state index in [0.29, 0.717) is 30.0 Å². The lowest BCUT2D eigenvalue weighted by atomic mass is 10.2. The lowest BCUT2D eigenvalue weighted by molar-refractivity contribution is 0.102. The van der Waals surface area contributed by atoms with Gasteiger partial charge in [0.1, 0.15) is 0 Å². The van der Waals surface area contributed by atoms with E-state index < -0.39 is 0 Å². The molecule has 2 N–H and O–H groups in total. The highest BCUT2D eigenvalue weighted by molar-refractivity contribution is 6.05. The Hall–Kier alpha value is -2.87. The van der Waals surface area contributed by atoms with Gasteiger partial charge in [-0.2, -0.15) is 5.10 Å². The van der Waals surface area contributed by atoms with Crippen LogP contribution < -0.4 is 11.0 Å². The lowest BCUT2D eigenvalue weighted by Gasteiger charge is -2.03. The molecule has 0 aliphatic rings. The Morgan fingerprint density at radius 3 is 3.00 bits per heavy atom. The summed E-state index contributed by atoms with van der Waals surface area (Å²) in [6.45, 7) is 1.16. The number of hydrogen-bond acceptors (Lipinski definition) is 4. The topological polar surface area (TPSA) is 93.9 Å². The third-order valence-corrected chi connectivity index (χ3v) is 3.57. The van der Waals surface area contributed by atoms with Crippen molar-refractivity contribution in [1.29, 1.82) is 0 Å². The normalized spacial score (nSPS) is 11.0. The fourth-order valence-electron chi connectivity index (χ4n) is 2.30. The highest BCUT2D eigenvalue weighted by atomic mass is 16.5. The number of hydrogen-bond donors (Lipinski definition) is 2. The summed E-state index contributed by atoms with van der Waals surface area (Å²) in [5.41, 5.74) is 1.60. The van der Waals surface area contributed by atoms with E-state index in [1.54, 1.807) is 49.3 Å². The number of ether oxygens (including phenoxy) is 1. The van der Waals surface area contributed by atoms with Crippen molar-refractivity contribution in [2.45, 2.75) is 6.54 Å². The SMILES string of the molecule is COCCn1ccc(NC(=O)c2ccc3c(c2)[nH]c(=O)n3C)n1. The van der Waals surface area contributed by atoms with Crippen molar-refractivity contribution >= 4 is 22.8 Å². The summed E-state index contributed by atoms with van der Waals surface area (Å²) in [6.07, 6.45) is 1.77. The van der Waals surface area contributed by atoms with E-state index in [0.717, 1.165) is 5.52 Å². The van der Waals surface area contributed by atoms with Crippen LogP contribution in [0.2, 0.25) is 0 Å². The summed E-state index contributed by atoms with van der Waals surface area (Å²) in [7, 11) is 3.30. The summed E-state index contributed by atoms with van der Waals surface area (Å²) < 4.78 is 8.16. The minimum Gasteiger partial charge on any atom is -0.383 e. The van der Waals surface area contributed by atoms with Gasteiger partial charge in [0.2, 0.25) is 0 Å². The Kier molecular flexibility index (Phi) is 3.98. The summed E-state index contributed by atoms with van der Waals surface area (Å²) in [4.78, 5) is 26.6. The first-order valence-electron chi connectivity index (χ1n) is 7.11. The average Bonchev–Trinajstić information content (AvgIpc) is 3.10. The van der Waals surface area contributed by atoms with E-state index >= 15 is 0 Å². The number of fused-ring (bicyclic) bond motifs is 1. The molecule has 2 aromatic heterocycles. The number of carbonyl (C=O) groups excluding carboxylic acids is 1. The number of amides is 1. The molecule has 0 radical (unpaired) electrons. The van der Waals surface area contributed by atoms with Crippen LogP contribution in [0.1, 0.15) is 10.4 Å². The smallest absolute Gasteiger partial charge is 0.326 e. The van der Waals surface area contributed by atoms with Crippen LogP contribution in [-0.2, 0) is 18.3 Å². The molecule has 0 aliphatic heterocycles. The molecule has 0 spiro atoms. The number of aryl methyl sites for hydroxylation is 1. The molecule has 3 rings (SSSR count). The highest BCUT2D eigenvalue weighted by Gasteiger charge is 2.11. The van der Waals surface area contributed by atoms with Crippen molar-refractivity contribution in [1.82, 2.24) is 19.3 Å². The van der Waals surface area contributed by atoms with Gasteiger partial charge in [0.15, 0.2) is 5.82 Å². The Morgan fingerprint density at radius 1 is 1.39 bits per heavy atom. The Labute approximate surface area is 131 Å². The van der Waals surface area contributed by atoms with Gasteiger partial charge in [0.05, 0.1) is 24.2 Å². The molecule has 0 saturated carbocycles. The van der Waals surface area contributed by atoms with Gasteiger partial charge in [0, 0.05) is 32.0 Å². The minimum atomic E-state index is -0.284. The van der Waals surface area contributed by atoms with Gasteiger partial charge in [-0.15, -0.1) is 0 Å². The first-order chi connectivity index (χ1) is 11.1. The van der Waals surface area contributed by atoms with Crippen LogP contribution in [0, 0.1) is 0 Å². The maximum atomic E-state index is 12.3. The third kappa shape index (κ3) is 3.02. The van der Waals surface area contributed by atoms with E-state index in [1.807, 2.05) is 0 Å². The molecule has 8 nitrogen and oxygen atoms in total. The van der Waals surface area contributed by atoms with Gasteiger partial charge in [-0.3, -0.25) is 14.0 Å². The molecule has 0 unspecified atom stereocenters. The second-order valence-electron chi connectivity index (χ2n) is 5.13. The van der Waals surface area contributed by atoms with Crippen LogP contribution in [0.25, 0.3) is 11.0 Å². The second kappa shape index (κ2) is 6.09. The Bertz CT molecular complexity index is 905. The number of anilines is 1. The predicted octanol–water partition coefficient (Wildman–Crippen LogP) is 0.962. The molecular weight excluding hydrogens is 298 g/mol. The second-order valence-corrected chi connectivity index (χ2v) is 5.13. The number of imidazole rings is 1. The zero-order valence-electron chi connectivity index (χ0n) is 12.9.